The van der Waals surface area contributed by atoms with E-state index >= 15 is 0 Å². The molecule has 0 spiro atoms. The number of hydrogen-bond acceptors (Lipinski definition) is 3. The molecule has 2 N–H and O–H groups in total. The summed E-state index contributed by atoms with van der Waals surface area (Å²) in [6, 6.07) is 10.5. The van der Waals surface area contributed by atoms with Gasteiger partial charge in [-0.2, -0.15) is 17.5 Å². The van der Waals surface area contributed by atoms with E-state index in [1.807, 2.05) is 6.07 Å². The summed E-state index contributed by atoms with van der Waals surface area (Å²) >= 11 is 0. The van der Waals surface area contributed by atoms with E-state index in [1.54, 1.807) is 6.07 Å². The van der Waals surface area contributed by atoms with Gasteiger partial charge in [-0.1, -0.05) is 6.07 Å². The number of benzene rings is 2. The van der Waals surface area contributed by atoms with Crippen molar-refractivity contribution < 1.29 is 26.0 Å². The van der Waals surface area contributed by atoms with E-state index in [9.17, 15) is 26.0 Å². The molecule has 5 rings (SSSR count). The maximum atomic E-state index is 13.4. The highest BCUT2D eigenvalue weighted by Gasteiger charge is 2.46. The van der Waals surface area contributed by atoms with Crippen LogP contribution in [-0.4, -0.2) is 36.8 Å². The van der Waals surface area contributed by atoms with Crippen LogP contribution in [0.4, 0.5) is 17.6 Å². The number of aromatic amines is 1. The summed E-state index contributed by atoms with van der Waals surface area (Å²) in [4.78, 5) is 2.92. The van der Waals surface area contributed by atoms with Gasteiger partial charge < -0.3 is 10.3 Å². The molecule has 3 unspecified atom stereocenters. The lowest BCUT2D eigenvalue weighted by molar-refractivity contribution is -0.137. The molecule has 0 bridgehead atoms. The van der Waals surface area contributed by atoms with Crippen LogP contribution in [-0.2, 0) is 22.7 Å². The second-order valence-corrected chi connectivity index (χ2v) is 10.8. The SMILES string of the molecule is O=S(=O)(c1cccc(C(F)(F)F)c1)N1CC2CCC(NCc3cc4cc(F)ccc4[nH]3)C2C1. The van der Waals surface area contributed by atoms with Gasteiger partial charge >= 0.3 is 6.18 Å². The van der Waals surface area contributed by atoms with E-state index in [0.29, 0.717) is 19.2 Å². The minimum Gasteiger partial charge on any atom is -0.357 e. The van der Waals surface area contributed by atoms with Gasteiger partial charge in [-0.15, -0.1) is 0 Å². The van der Waals surface area contributed by atoms with E-state index in [1.165, 1.54) is 22.5 Å². The quantitative estimate of drug-likeness (QED) is 0.527. The highest BCUT2D eigenvalue weighted by atomic mass is 32.2. The van der Waals surface area contributed by atoms with Crippen LogP contribution >= 0.6 is 0 Å². The maximum Gasteiger partial charge on any atom is 0.416 e. The van der Waals surface area contributed by atoms with Crippen LogP contribution in [0.3, 0.4) is 0 Å². The summed E-state index contributed by atoms with van der Waals surface area (Å²) in [6.45, 7) is 1.12. The highest BCUT2D eigenvalue weighted by molar-refractivity contribution is 7.89. The van der Waals surface area contributed by atoms with Crippen molar-refractivity contribution in [2.24, 2.45) is 11.8 Å². The van der Waals surface area contributed by atoms with E-state index in [-0.39, 0.29) is 35.1 Å². The zero-order chi connectivity index (χ0) is 23.4. The first-order valence-corrected chi connectivity index (χ1v) is 12.2. The Morgan fingerprint density at radius 3 is 2.67 bits per heavy atom. The Balaban J connectivity index is 1.27. The summed E-state index contributed by atoms with van der Waals surface area (Å²) in [6.07, 6.45) is -2.84. The van der Waals surface area contributed by atoms with Crippen LogP contribution in [0.1, 0.15) is 24.1 Å². The third-order valence-electron chi connectivity index (χ3n) is 6.82. The van der Waals surface area contributed by atoms with Crippen LogP contribution in [0, 0.1) is 17.7 Å². The zero-order valence-electron chi connectivity index (χ0n) is 17.6. The predicted octanol–water partition coefficient (Wildman–Crippen LogP) is 4.51. The van der Waals surface area contributed by atoms with Gasteiger partial charge in [0.1, 0.15) is 5.82 Å². The molecule has 5 nitrogen and oxygen atoms in total. The molecule has 1 saturated carbocycles. The first-order chi connectivity index (χ1) is 15.6. The van der Waals surface area contributed by atoms with Crippen molar-refractivity contribution in [3.63, 3.8) is 0 Å². The van der Waals surface area contributed by atoms with Crippen molar-refractivity contribution in [3.05, 3.63) is 65.6 Å². The number of nitrogens with one attached hydrogen (secondary N) is 2. The molecular formula is C23H23F4N3O2S. The molecule has 33 heavy (non-hydrogen) atoms. The predicted molar refractivity (Wildman–Crippen MR) is 115 cm³/mol. The lowest BCUT2D eigenvalue weighted by Crippen LogP contribution is -2.36. The van der Waals surface area contributed by atoms with Gasteiger partial charge in [-0.25, -0.2) is 12.8 Å². The second-order valence-electron chi connectivity index (χ2n) is 8.86. The Hall–Kier alpha value is -2.43. The highest BCUT2D eigenvalue weighted by Crippen LogP contribution is 2.41. The molecular weight excluding hydrogens is 458 g/mol. The Bertz CT molecular complexity index is 1290. The first-order valence-electron chi connectivity index (χ1n) is 10.8. The fourth-order valence-electron chi connectivity index (χ4n) is 5.16. The number of hydrogen-bond donors (Lipinski definition) is 2. The number of rotatable bonds is 5. The lowest BCUT2D eigenvalue weighted by atomic mass is 9.98. The summed E-state index contributed by atoms with van der Waals surface area (Å²) in [5.41, 5.74) is 0.780. The molecule has 2 heterocycles. The minimum atomic E-state index is -4.60. The second kappa shape index (κ2) is 8.11. The number of halogens is 4. The standard InChI is InChI=1S/C23H23F4N3O2S/c24-17-5-7-21-15(8-17)9-18(29-21)11-28-22-6-4-14-12-30(13-20(14)22)33(31,32)19-3-1-2-16(10-19)23(25,26)27/h1-3,5,7-10,14,20,22,28-29H,4,6,11-13H2. The van der Waals surface area contributed by atoms with E-state index in [4.69, 9.17) is 0 Å². The van der Waals surface area contributed by atoms with Crippen LogP contribution in [0.15, 0.2) is 53.4 Å². The third kappa shape index (κ3) is 4.27. The molecule has 0 amide bonds. The van der Waals surface area contributed by atoms with Gasteiger partial charge in [0.25, 0.3) is 0 Å². The Kier molecular flexibility index (Phi) is 5.49. The summed E-state index contributed by atoms with van der Waals surface area (Å²) in [7, 11) is -4.01. The Morgan fingerprint density at radius 2 is 1.88 bits per heavy atom. The maximum absolute atomic E-state index is 13.4. The first kappa shape index (κ1) is 22.4. The van der Waals surface area contributed by atoms with Gasteiger partial charge in [-0.05, 0) is 67.1 Å². The van der Waals surface area contributed by atoms with Crippen molar-refractivity contribution in [2.45, 2.75) is 36.5 Å². The molecule has 1 aliphatic heterocycles. The summed E-state index contributed by atoms with van der Waals surface area (Å²) in [5, 5.41) is 4.28. The van der Waals surface area contributed by atoms with Crippen molar-refractivity contribution in [3.8, 4) is 0 Å². The Morgan fingerprint density at radius 1 is 1.06 bits per heavy atom. The van der Waals surface area contributed by atoms with Crippen molar-refractivity contribution in [1.82, 2.24) is 14.6 Å². The van der Waals surface area contributed by atoms with Gasteiger partial charge in [-0.3, -0.25) is 0 Å². The molecule has 1 saturated heterocycles. The number of fused-ring (bicyclic) bond motifs is 2. The molecule has 2 fully saturated rings. The van der Waals surface area contributed by atoms with Crippen LogP contribution in [0.2, 0.25) is 0 Å². The largest absolute Gasteiger partial charge is 0.416 e. The number of aromatic nitrogens is 1. The van der Waals surface area contributed by atoms with E-state index in [0.717, 1.165) is 41.6 Å². The summed E-state index contributed by atoms with van der Waals surface area (Å²) in [5.74, 6) is -0.0417. The average Bonchev–Trinajstić information content (AvgIpc) is 3.46. The smallest absolute Gasteiger partial charge is 0.357 e. The molecule has 1 aromatic heterocycles. The van der Waals surface area contributed by atoms with Crippen LogP contribution in [0.25, 0.3) is 10.9 Å². The molecule has 3 aromatic rings. The number of alkyl halides is 3. The van der Waals surface area contributed by atoms with Gasteiger partial charge in [0.2, 0.25) is 10.0 Å². The van der Waals surface area contributed by atoms with Gasteiger partial charge in [0, 0.05) is 42.3 Å². The molecule has 2 aromatic carbocycles. The van der Waals surface area contributed by atoms with Gasteiger partial charge in [0.05, 0.1) is 10.5 Å². The third-order valence-corrected chi connectivity index (χ3v) is 8.64. The minimum absolute atomic E-state index is 0.0902. The molecule has 10 heteroatoms. The lowest BCUT2D eigenvalue weighted by Gasteiger charge is -2.22. The fourth-order valence-corrected chi connectivity index (χ4v) is 6.74. The van der Waals surface area contributed by atoms with Crippen molar-refractivity contribution in [1.29, 1.82) is 0 Å². The average molecular weight is 482 g/mol. The topological polar surface area (TPSA) is 65.2 Å². The molecule has 0 radical (unpaired) electrons. The monoisotopic (exact) mass is 481 g/mol. The van der Waals surface area contributed by atoms with Crippen molar-refractivity contribution >= 4 is 20.9 Å². The normalized spacial score (nSPS) is 23.9. The van der Waals surface area contributed by atoms with E-state index in [2.05, 4.69) is 10.3 Å². The molecule has 2 aliphatic rings. The fraction of sp³-hybridized carbons (Fsp3) is 0.391. The molecule has 3 atom stereocenters. The number of H-pyrrole nitrogens is 1. The molecule has 176 valence electrons. The Labute approximate surface area is 188 Å². The summed E-state index contributed by atoms with van der Waals surface area (Å²) < 4.78 is 80.0. The van der Waals surface area contributed by atoms with Crippen molar-refractivity contribution in [2.75, 3.05) is 13.1 Å². The van der Waals surface area contributed by atoms with Gasteiger partial charge in [0.15, 0.2) is 0 Å². The number of nitrogens with zero attached hydrogens (tertiary/aromatic N) is 1. The zero-order valence-corrected chi connectivity index (χ0v) is 18.4. The van der Waals surface area contributed by atoms with Crippen LogP contribution in [0.5, 0.6) is 0 Å². The number of sulfonamides is 1. The van der Waals surface area contributed by atoms with Crippen LogP contribution < -0.4 is 5.32 Å². The molecule has 1 aliphatic carbocycles. The van der Waals surface area contributed by atoms with E-state index < -0.39 is 21.8 Å².